The molecule has 3 rings (SSSR count). The monoisotopic (exact) mass is 339 g/mol. The van der Waals surface area contributed by atoms with Crippen molar-refractivity contribution in [3.8, 4) is 0 Å². The average molecular weight is 340 g/mol. The molecule has 4 heteroatoms. The summed E-state index contributed by atoms with van der Waals surface area (Å²) in [6, 6.07) is 14.7. The maximum absolute atomic E-state index is 5.79. The third kappa shape index (κ3) is 3.50. The van der Waals surface area contributed by atoms with E-state index in [-0.39, 0.29) is 5.54 Å². The molecule has 1 aromatic carbocycles. The van der Waals surface area contributed by atoms with Crippen LogP contribution >= 0.6 is 12.2 Å². The number of nitrogens with one attached hydrogen (secondary N) is 2. The molecule has 3 nitrogen and oxygen atoms in total. The van der Waals surface area contributed by atoms with Crippen LogP contribution in [0.3, 0.4) is 0 Å². The smallest absolute Gasteiger partial charge is 0.0961 e. The van der Waals surface area contributed by atoms with Gasteiger partial charge in [-0.15, -0.1) is 0 Å². The number of rotatable bonds is 5. The summed E-state index contributed by atoms with van der Waals surface area (Å²) in [5.41, 5.74) is 2.35. The lowest BCUT2D eigenvalue weighted by Crippen LogP contribution is -2.60. The van der Waals surface area contributed by atoms with E-state index in [0.717, 1.165) is 24.4 Å². The van der Waals surface area contributed by atoms with E-state index < -0.39 is 0 Å². The van der Waals surface area contributed by atoms with E-state index in [0.29, 0.717) is 5.92 Å². The molecule has 24 heavy (non-hydrogen) atoms. The van der Waals surface area contributed by atoms with Gasteiger partial charge in [0.25, 0.3) is 0 Å². The van der Waals surface area contributed by atoms with Crippen molar-refractivity contribution < 1.29 is 0 Å². The molecule has 0 amide bonds. The number of benzene rings is 1. The van der Waals surface area contributed by atoms with Gasteiger partial charge in [0.05, 0.1) is 10.5 Å². The van der Waals surface area contributed by atoms with Crippen LogP contribution in [0.4, 0.5) is 0 Å². The van der Waals surface area contributed by atoms with E-state index in [1.807, 2.05) is 25.5 Å². The van der Waals surface area contributed by atoms with Crippen molar-refractivity contribution in [1.29, 1.82) is 0 Å². The molecule has 0 saturated heterocycles. The fraction of sp³-hybridized carbons (Fsp3) is 0.400. The maximum Gasteiger partial charge on any atom is 0.0961 e. The van der Waals surface area contributed by atoms with E-state index in [2.05, 4.69) is 52.0 Å². The number of pyridine rings is 1. The summed E-state index contributed by atoms with van der Waals surface area (Å²) in [4.78, 5) is 5.25. The zero-order chi connectivity index (χ0) is 16.8. The van der Waals surface area contributed by atoms with Gasteiger partial charge >= 0.3 is 0 Å². The van der Waals surface area contributed by atoms with E-state index >= 15 is 0 Å². The van der Waals surface area contributed by atoms with Gasteiger partial charge in [-0.1, -0.05) is 61.5 Å². The second kappa shape index (κ2) is 7.86. The quantitative estimate of drug-likeness (QED) is 0.812. The molecule has 0 aliphatic heterocycles. The number of hydrogen-bond donors (Lipinski definition) is 2. The van der Waals surface area contributed by atoms with Gasteiger partial charge in [0.15, 0.2) is 0 Å². The zero-order valence-electron chi connectivity index (χ0n) is 14.2. The Morgan fingerprint density at radius 3 is 2.75 bits per heavy atom. The second-order valence-electron chi connectivity index (χ2n) is 6.47. The summed E-state index contributed by atoms with van der Waals surface area (Å²) in [5.74, 6) is 0.351. The van der Waals surface area contributed by atoms with Crippen molar-refractivity contribution in [2.24, 2.45) is 0 Å². The highest BCUT2D eigenvalue weighted by atomic mass is 32.1. The van der Waals surface area contributed by atoms with Crippen molar-refractivity contribution in [2.45, 2.75) is 43.7 Å². The van der Waals surface area contributed by atoms with Gasteiger partial charge in [0, 0.05) is 31.9 Å². The topological polar surface area (TPSA) is 37.0 Å². The van der Waals surface area contributed by atoms with Crippen molar-refractivity contribution >= 4 is 17.2 Å². The molecule has 1 aliphatic carbocycles. The Bertz CT molecular complexity index is 659. The van der Waals surface area contributed by atoms with Gasteiger partial charge in [0.1, 0.15) is 0 Å². The average Bonchev–Trinajstić information content (AvgIpc) is 2.67. The highest BCUT2D eigenvalue weighted by Gasteiger charge is 2.44. The Morgan fingerprint density at radius 2 is 2.04 bits per heavy atom. The molecule has 0 bridgehead atoms. The third-order valence-electron chi connectivity index (χ3n) is 5.08. The Labute approximate surface area is 149 Å². The summed E-state index contributed by atoms with van der Waals surface area (Å²) >= 11 is 5.79. The Kier molecular flexibility index (Phi) is 5.59. The molecular weight excluding hydrogens is 314 g/mol. The van der Waals surface area contributed by atoms with Crippen LogP contribution in [0.5, 0.6) is 0 Å². The van der Waals surface area contributed by atoms with Gasteiger partial charge < -0.3 is 10.6 Å². The van der Waals surface area contributed by atoms with Crippen molar-refractivity contribution in [1.82, 2.24) is 15.6 Å². The Balaban J connectivity index is 1.91. The fourth-order valence-corrected chi connectivity index (χ4v) is 4.17. The summed E-state index contributed by atoms with van der Waals surface area (Å²) in [6.07, 6.45) is 8.45. The van der Waals surface area contributed by atoms with Crippen LogP contribution in [-0.2, 0) is 6.54 Å². The van der Waals surface area contributed by atoms with E-state index in [1.165, 1.54) is 24.0 Å². The molecular formula is C20H25N3S. The van der Waals surface area contributed by atoms with Gasteiger partial charge in [0.2, 0.25) is 0 Å². The van der Waals surface area contributed by atoms with E-state index in [1.54, 1.807) is 0 Å². The van der Waals surface area contributed by atoms with Crippen LogP contribution in [0.15, 0.2) is 54.9 Å². The molecule has 0 spiro atoms. The van der Waals surface area contributed by atoms with Crippen LogP contribution in [0, 0.1) is 0 Å². The Morgan fingerprint density at radius 1 is 1.21 bits per heavy atom. The lowest BCUT2D eigenvalue weighted by Gasteiger charge is -2.45. The number of nitrogens with zero attached hydrogens (tertiary/aromatic N) is 1. The second-order valence-corrected chi connectivity index (χ2v) is 6.88. The largest absolute Gasteiger partial charge is 0.381 e. The molecule has 2 aromatic rings. The van der Waals surface area contributed by atoms with Crippen LogP contribution in [0.1, 0.15) is 42.7 Å². The summed E-state index contributed by atoms with van der Waals surface area (Å²) in [5, 5.41) is 7.08. The molecule has 2 unspecified atom stereocenters. The molecule has 1 aromatic heterocycles. The Hall–Kier alpha value is -1.78. The van der Waals surface area contributed by atoms with Gasteiger partial charge in [-0.3, -0.25) is 4.98 Å². The van der Waals surface area contributed by atoms with Crippen LogP contribution < -0.4 is 10.6 Å². The fourth-order valence-electron chi connectivity index (χ4n) is 3.85. The van der Waals surface area contributed by atoms with Gasteiger partial charge in [-0.2, -0.15) is 0 Å². The standard InChI is InChI=1S/C20H25N3S/c1-21-19(24)20(23-14-16-8-3-2-4-9-16)12-6-5-11-18(20)17-10-7-13-22-15-17/h2-4,7-10,13,15,18,23H,5-6,11-12,14H2,1H3,(H,21,24). The minimum Gasteiger partial charge on any atom is -0.381 e. The first-order valence-electron chi connectivity index (χ1n) is 8.67. The highest BCUT2D eigenvalue weighted by molar-refractivity contribution is 7.80. The predicted molar refractivity (Wildman–Crippen MR) is 103 cm³/mol. The van der Waals surface area contributed by atoms with Crippen molar-refractivity contribution in [2.75, 3.05) is 7.05 Å². The molecule has 2 N–H and O–H groups in total. The minimum atomic E-state index is -0.207. The minimum absolute atomic E-state index is 0.207. The first-order chi connectivity index (χ1) is 11.8. The lowest BCUT2D eigenvalue weighted by atomic mass is 9.69. The summed E-state index contributed by atoms with van der Waals surface area (Å²) < 4.78 is 0. The molecule has 1 fully saturated rings. The number of hydrogen-bond acceptors (Lipinski definition) is 3. The van der Waals surface area contributed by atoms with E-state index in [4.69, 9.17) is 12.2 Å². The normalized spacial score (nSPS) is 23.6. The molecule has 1 aliphatic rings. The SMILES string of the molecule is CNC(=S)C1(NCc2ccccc2)CCCCC1c1cccnc1. The number of thiocarbonyl (C=S) groups is 1. The third-order valence-corrected chi connectivity index (χ3v) is 5.65. The molecule has 2 atom stereocenters. The number of likely N-dealkylation sites (N-methyl/N-ethyl adjacent to an activating group) is 1. The number of aromatic nitrogens is 1. The first-order valence-corrected chi connectivity index (χ1v) is 9.08. The maximum atomic E-state index is 5.79. The molecule has 1 saturated carbocycles. The van der Waals surface area contributed by atoms with Gasteiger partial charge in [-0.05, 0) is 30.0 Å². The van der Waals surface area contributed by atoms with Crippen LogP contribution in [-0.4, -0.2) is 22.6 Å². The van der Waals surface area contributed by atoms with E-state index in [9.17, 15) is 0 Å². The molecule has 1 heterocycles. The van der Waals surface area contributed by atoms with Crippen molar-refractivity contribution in [3.05, 3.63) is 66.0 Å². The molecule has 126 valence electrons. The first kappa shape index (κ1) is 17.1. The summed E-state index contributed by atoms with van der Waals surface area (Å²) in [7, 11) is 1.93. The van der Waals surface area contributed by atoms with Crippen LogP contribution in [0.2, 0.25) is 0 Å². The predicted octanol–water partition coefficient (Wildman–Crippen LogP) is 3.81. The van der Waals surface area contributed by atoms with Crippen molar-refractivity contribution in [3.63, 3.8) is 0 Å². The summed E-state index contributed by atoms with van der Waals surface area (Å²) in [6.45, 7) is 0.819. The highest BCUT2D eigenvalue weighted by Crippen LogP contribution is 2.41. The zero-order valence-corrected chi connectivity index (χ0v) is 15.0. The van der Waals surface area contributed by atoms with Gasteiger partial charge in [-0.25, -0.2) is 0 Å². The molecule has 0 radical (unpaired) electrons. The van der Waals surface area contributed by atoms with Crippen LogP contribution in [0.25, 0.3) is 0 Å². The lowest BCUT2D eigenvalue weighted by molar-refractivity contribution is 0.265.